The van der Waals surface area contributed by atoms with Crippen LogP contribution >= 0.6 is 23.1 Å². The molecule has 4 rings (SSSR count). The van der Waals surface area contributed by atoms with E-state index in [1.165, 1.54) is 23.5 Å². The number of halogens is 1. The molecule has 5 nitrogen and oxygen atoms in total. The summed E-state index contributed by atoms with van der Waals surface area (Å²) in [6.07, 6.45) is 2.15. The van der Waals surface area contributed by atoms with Crippen LogP contribution in [-0.2, 0) is 16.1 Å². The summed E-state index contributed by atoms with van der Waals surface area (Å²) in [4.78, 5) is 35.0. The van der Waals surface area contributed by atoms with Gasteiger partial charge in [0, 0.05) is 34.6 Å². The van der Waals surface area contributed by atoms with Gasteiger partial charge in [0.25, 0.3) is 0 Å². The Hall–Kier alpha value is -2.71. The van der Waals surface area contributed by atoms with Gasteiger partial charge in [-0.15, -0.1) is 23.1 Å². The Labute approximate surface area is 188 Å². The van der Waals surface area contributed by atoms with Crippen molar-refractivity contribution in [2.24, 2.45) is 5.92 Å². The number of thiazole rings is 1. The number of amides is 2. The molecule has 0 bridgehead atoms. The molecule has 2 aromatic carbocycles. The van der Waals surface area contributed by atoms with Crippen LogP contribution in [0.25, 0.3) is 0 Å². The topological polar surface area (TPSA) is 53.5 Å². The van der Waals surface area contributed by atoms with Crippen LogP contribution in [-0.4, -0.2) is 29.6 Å². The van der Waals surface area contributed by atoms with Crippen molar-refractivity contribution in [3.8, 4) is 0 Å². The molecule has 31 heavy (non-hydrogen) atoms. The third kappa shape index (κ3) is 4.80. The smallest absolute Gasteiger partial charge is 0.232 e. The molecule has 1 aromatic heterocycles. The minimum Gasteiger partial charge on any atom is -0.312 e. The lowest BCUT2D eigenvalue weighted by atomic mass is 10.1. The molecule has 0 aliphatic carbocycles. The predicted octanol–water partition coefficient (Wildman–Crippen LogP) is 4.90. The Balaban J connectivity index is 1.57. The molecular weight excluding hydrogens is 433 g/mol. The Bertz CT molecular complexity index is 1080. The number of rotatable bonds is 6. The first-order valence-corrected chi connectivity index (χ1v) is 12.0. The summed E-state index contributed by atoms with van der Waals surface area (Å²) in [6, 6.07) is 13.6. The van der Waals surface area contributed by atoms with Gasteiger partial charge in [-0.25, -0.2) is 9.37 Å². The number of carbonyl (C=O) groups is 2. The van der Waals surface area contributed by atoms with Gasteiger partial charge in [0.15, 0.2) is 0 Å². The summed E-state index contributed by atoms with van der Waals surface area (Å²) in [5.41, 5.74) is 2.16. The Morgan fingerprint density at radius 3 is 2.55 bits per heavy atom. The monoisotopic (exact) mass is 455 g/mol. The van der Waals surface area contributed by atoms with Crippen molar-refractivity contribution in [2.75, 3.05) is 22.6 Å². The number of hydrogen-bond acceptors (Lipinski definition) is 5. The molecule has 0 saturated carbocycles. The molecule has 3 aromatic rings. The normalized spacial score (nSPS) is 16.0. The number of anilines is 2. The Morgan fingerprint density at radius 2 is 1.94 bits per heavy atom. The van der Waals surface area contributed by atoms with Gasteiger partial charge in [-0.05, 0) is 61.7 Å². The highest BCUT2D eigenvalue weighted by molar-refractivity contribution is 7.98. The molecule has 2 amide bonds. The molecule has 2 heterocycles. The van der Waals surface area contributed by atoms with Gasteiger partial charge < -0.3 is 9.80 Å². The lowest BCUT2D eigenvalue weighted by molar-refractivity contribution is -0.124. The summed E-state index contributed by atoms with van der Waals surface area (Å²) in [6.45, 7) is 2.51. The number of nitrogens with zero attached hydrogens (tertiary/aromatic N) is 3. The SMILES string of the molecule is CSc1ccc(N2CC(C(=O)N(Cc3csc(C)n3)c3ccc(F)cc3)CC2=O)cc1. The van der Waals surface area contributed by atoms with Gasteiger partial charge >= 0.3 is 0 Å². The van der Waals surface area contributed by atoms with E-state index in [1.54, 1.807) is 33.7 Å². The Morgan fingerprint density at radius 1 is 1.23 bits per heavy atom. The Kier molecular flexibility index (Phi) is 6.38. The number of benzene rings is 2. The minimum atomic E-state index is -0.475. The fourth-order valence-corrected chi connectivity index (χ4v) is 4.68. The first kappa shape index (κ1) is 21.5. The van der Waals surface area contributed by atoms with E-state index in [4.69, 9.17) is 0 Å². The number of carbonyl (C=O) groups excluding carboxylic acids is 2. The van der Waals surface area contributed by atoms with E-state index in [1.807, 2.05) is 42.8 Å². The van der Waals surface area contributed by atoms with E-state index in [9.17, 15) is 14.0 Å². The second kappa shape index (κ2) is 9.20. The van der Waals surface area contributed by atoms with E-state index in [0.29, 0.717) is 12.2 Å². The number of hydrogen-bond donors (Lipinski definition) is 0. The van der Waals surface area contributed by atoms with Gasteiger partial charge in [0.1, 0.15) is 5.82 Å². The zero-order chi connectivity index (χ0) is 22.0. The van der Waals surface area contributed by atoms with Gasteiger partial charge in [0.05, 0.1) is 23.2 Å². The van der Waals surface area contributed by atoms with Crippen molar-refractivity contribution in [1.82, 2.24) is 4.98 Å². The molecule has 0 radical (unpaired) electrons. The maximum Gasteiger partial charge on any atom is 0.232 e. The van der Waals surface area contributed by atoms with Gasteiger partial charge in [-0.2, -0.15) is 0 Å². The molecule has 160 valence electrons. The summed E-state index contributed by atoms with van der Waals surface area (Å²) in [5.74, 6) is -1.07. The summed E-state index contributed by atoms with van der Waals surface area (Å²) in [7, 11) is 0. The average molecular weight is 456 g/mol. The highest BCUT2D eigenvalue weighted by atomic mass is 32.2. The van der Waals surface area contributed by atoms with E-state index >= 15 is 0 Å². The van der Waals surface area contributed by atoms with Crippen LogP contribution in [0.5, 0.6) is 0 Å². The molecule has 1 saturated heterocycles. The maximum absolute atomic E-state index is 13.5. The fraction of sp³-hybridized carbons (Fsp3) is 0.261. The zero-order valence-electron chi connectivity index (χ0n) is 17.2. The van der Waals surface area contributed by atoms with Crippen LogP contribution in [0.1, 0.15) is 17.1 Å². The van der Waals surface area contributed by atoms with Crippen LogP contribution in [0.3, 0.4) is 0 Å². The van der Waals surface area contributed by atoms with Crippen molar-refractivity contribution >= 4 is 46.3 Å². The molecule has 0 spiro atoms. The number of thioether (sulfide) groups is 1. The van der Waals surface area contributed by atoms with E-state index < -0.39 is 5.92 Å². The summed E-state index contributed by atoms with van der Waals surface area (Å²) < 4.78 is 13.5. The summed E-state index contributed by atoms with van der Waals surface area (Å²) in [5, 5.41) is 2.83. The molecule has 1 aliphatic heterocycles. The van der Waals surface area contributed by atoms with E-state index in [0.717, 1.165) is 21.3 Å². The van der Waals surface area contributed by atoms with E-state index in [-0.39, 0.29) is 30.6 Å². The van der Waals surface area contributed by atoms with Crippen molar-refractivity contribution < 1.29 is 14.0 Å². The number of aromatic nitrogens is 1. The lowest BCUT2D eigenvalue weighted by Gasteiger charge is -2.25. The molecule has 1 aliphatic rings. The zero-order valence-corrected chi connectivity index (χ0v) is 18.9. The predicted molar refractivity (Wildman–Crippen MR) is 123 cm³/mol. The second-order valence-corrected chi connectivity index (χ2v) is 9.30. The third-order valence-electron chi connectivity index (χ3n) is 5.25. The lowest BCUT2D eigenvalue weighted by Crippen LogP contribution is -2.37. The van der Waals surface area contributed by atoms with Crippen molar-refractivity contribution in [3.63, 3.8) is 0 Å². The maximum atomic E-state index is 13.5. The van der Waals surface area contributed by atoms with Crippen molar-refractivity contribution in [1.29, 1.82) is 0 Å². The second-order valence-electron chi connectivity index (χ2n) is 7.36. The highest BCUT2D eigenvalue weighted by Gasteiger charge is 2.37. The van der Waals surface area contributed by atoms with Gasteiger partial charge in [-0.3, -0.25) is 9.59 Å². The minimum absolute atomic E-state index is 0.0705. The highest BCUT2D eigenvalue weighted by Crippen LogP contribution is 2.30. The molecular formula is C23H22FN3O2S2. The van der Waals surface area contributed by atoms with Crippen LogP contribution in [0.4, 0.5) is 15.8 Å². The van der Waals surface area contributed by atoms with Gasteiger partial charge in [-0.1, -0.05) is 0 Å². The molecule has 8 heteroatoms. The van der Waals surface area contributed by atoms with Gasteiger partial charge in [0.2, 0.25) is 11.8 Å². The molecule has 0 N–H and O–H groups in total. The quantitative estimate of drug-likeness (QED) is 0.496. The third-order valence-corrected chi connectivity index (χ3v) is 6.82. The van der Waals surface area contributed by atoms with Crippen LogP contribution in [0.2, 0.25) is 0 Å². The summed E-state index contributed by atoms with van der Waals surface area (Å²) >= 11 is 3.15. The molecule has 1 fully saturated rings. The number of aryl methyl sites for hydroxylation is 1. The molecule has 1 atom stereocenters. The van der Waals surface area contributed by atoms with Crippen LogP contribution < -0.4 is 9.80 Å². The van der Waals surface area contributed by atoms with Crippen LogP contribution in [0, 0.1) is 18.7 Å². The molecule has 1 unspecified atom stereocenters. The van der Waals surface area contributed by atoms with Crippen molar-refractivity contribution in [2.45, 2.75) is 24.8 Å². The standard InChI is InChI=1S/C23H22FN3O2S2/c1-15-25-18(14-31-15)13-27(20-5-3-17(24)4-6-20)23(29)16-11-22(28)26(12-16)19-7-9-21(30-2)10-8-19/h3-10,14,16H,11-13H2,1-2H3. The largest absolute Gasteiger partial charge is 0.312 e. The average Bonchev–Trinajstić information content (AvgIpc) is 3.37. The first-order valence-electron chi connectivity index (χ1n) is 9.87. The van der Waals surface area contributed by atoms with Crippen molar-refractivity contribution in [3.05, 3.63) is 70.4 Å². The van der Waals surface area contributed by atoms with E-state index in [2.05, 4.69) is 4.98 Å². The fourth-order valence-electron chi connectivity index (χ4n) is 3.67. The van der Waals surface area contributed by atoms with Crippen LogP contribution in [0.15, 0.2) is 58.8 Å². The first-order chi connectivity index (χ1) is 14.9.